The molecule has 0 bridgehead atoms. The quantitative estimate of drug-likeness (QED) is 0.844. The zero-order valence-electron chi connectivity index (χ0n) is 10.1. The fraction of sp³-hybridized carbons (Fsp3) is 0.667. The maximum absolute atomic E-state index is 10.1. The molecular formula is C12H20BrNOS. The molecule has 2 N–H and O–H groups in total. The van der Waals surface area contributed by atoms with E-state index in [0.29, 0.717) is 12.5 Å². The van der Waals surface area contributed by atoms with Crippen molar-refractivity contribution in [2.45, 2.75) is 39.3 Å². The first-order chi connectivity index (χ1) is 7.39. The Kier molecular flexibility index (Phi) is 5.44. The molecule has 0 aliphatic heterocycles. The van der Waals surface area contributed by atoms with Gasteiger partial charge in [-0.15, -0.1) is 11.3 Å². The highest BCUT2D eigenvalue weighted by Gasteiger charge is 2.20. The minimum Gasteiger partial charge on any atom is -0.389 e. The Hall–Kier alpha value is 0.100. The highest BCUT2D eigenvalue weighted by molar-refractivity contribution is 9.11. The maximum Gasteiger partial charge on any atom is 0.0746 e. The van der Waals surface area contributed by atoms with Gasteiger partial charge in [0.2, 0.25) is 0 Å². The van der Waals surface area contributed by atoms with Crippen molar-refractivity contribution < 1.29 is 5.11 Å². The van der Waals surface area contributed by atoms with Crippen LogP contribution in [0.3, 0.4) is 0 Å². The third-order valence-corrected chi connectivity index (χ3v) is 3.86. The van der Waals surface area contributed by atoms with Gasteiger partial charge in [-0.1, -0.05) is 13.8 Å². The Labute approximate surface area is 110 Å². The van der Waals surface area contributed by atoms with Gasteiger partial charge in [0.25, 0.3) is 0 Å². The first-order valence-corrected chi connectivity index (χ1v) is 7.22. The maximum atomic E-state index is 10.1. The molecule has 0 fully saturated rings. The molecule has 1 heterocycles. The van der Waals surface area contributed by atoms with Crippen LogP contribution in [-0.2, 0) is 6.54 Å². The Bertz CT molecular complexity index is 323. The van der Waals surface area contributed by atoms with Crippen LogP contribution >= 0.6 is 27.3 Å². The first kappa shape index (κ1) is 14.2. The average Bonchev–Trinajstić information content (AvgIpc) is 2.48. The summed E-state index contributed by atoms with van der Waals surface area (Å²) in [4.78, 5) is 0. The summed E-state index contributed by atoms with van der Waals surface area (Å²) in [5.41, 5.74) is 0.652. The van der Waals surface area contributed by atoms with Crippen molar-refractivity contribution in [3.63, 3.8) is 0 Å². The van der Waals surface area contributed by atoms with Gasteiger partial charge < -0.3 is 10.4 Å². The predicted octanol–water partition coefficient (Wildman–Crippen LogP) is 3.40. The largest absolute Gasteiger partial charge is 0.389 e. The van der Waals surface area contributed by atoms with Gasteiger partial charge in [0.15, 0.2) is 0 Å². The van der Waals surface area contributed by atoms with Gasteiger partial charge in [-0.3, -0.25) is 0 Å². The second kappa shape index (κ2) is 6.15. The Morgan fingerprint density at radius 3 is 2.75 bits per heavy atom. The van der Waals surface area contributed by atoms with Gasteiger partial charge in [0.1, 0.15) is 0 Å². The van der Waals surface area contributed by atoms with Crippen LogP contribution < -0.4 is 5.32 Å². The summed E-state index contributed by atoms with van der Waals surface area (Å²) in [7, 11) is 0. The Balaban J connectivity index is 2.29. The van der Waals surface area contributed by atoms with Crippen molar-refractivity contribution in [3.8, 4) is 0 Å². The van der Waals surface area contributed by atoms with Crippen molar-refractivity contribution >= 4 is 27.3 Å². The second-order valence-corrected chi connectivity index (χ2v) is 7.25. The van der Waals surface area contributed by atoms with Crippen LogP contribution in [0.25, 0.3) is 0 Å². The van der Waals surface area contributed by atoms with E-state index in [-0.39, 0.29) is 0 Å². The van der Waals surface area contributed by atoms with Crippen LogP contribution in [0.5, 0.6) is 0 Å². The standard InChI is InChI=1S/C12H20BrNOS/c1-9(2)5-12(3,15)8-14-6-10-4-11(13)16-7-10/h4,7,9,14-15H,5-6,8H2,1-3H3. The first-order valence-electron chi connectivity index (χ1n) is 5.55. The van der Waals surface area contributed by atoms with Crippen molar-refractivity contribution in [2.24, 2.45) is 5.92 Å². The summed E-state index contributed by atoms with van der Waals surface area (Å²) in [6.45, 7) is 7.60. The number of nitrogens with one attached hydrogen (secondary N) is 1. The Morgan fingerprint density at radius 1 is 1.56 bits per heavy atom. The summed E-state index contributed by atoms with van der Waals surface area (Å²) in [5.74, 6) is 0.520. The van der Waals surface area contributed by atoms with E-state index in [0.717, 1.165) is 16.8 Å². The molecule has 0 aromatic carbocycles. The van der Waals surface area contributed by atoms with E-state index in [4.69, 9.17) is 0 Å². The molecule has 0 spiro atoms. The fourth-order valence-corrected chi connectivity index (χ4v) is 3.08. The lowest BCUT2D eigenvalue weighted by molar-refractivity contribution is 0.0383. The predicted molar refractivity (Wildman–Crippen MR) is 73.8 cm³/mol. The van der Waals surface area contributed by atoms with Gasteiger partial charge in [0.05, 0.1) is 9.39 Å². The normalized spacial score (nSPS) is 15.4. The smallest absolute Gasteiger partial charge is 0.0746 e. The fourth-order valence-electron chi connectivity index (χ4n) is 1.87. The minimum absolute atomic E-state index is 0.520. The van der Waals surface area contributed by atoms with Gasteiger partial charge in [-0.25, -0.2) is 0 Å². The van der Waals surface area contributed by atoms with E-state index in [1.54, 1.807) is 11.3 Å². The molecule has 1 aromatic heterocycles. The molecule has 0 amide bonds. The number of hydrogen-bond donors (Lipinski definition) is 2. The zero-order chi connectivity index (χ0) is 12.2. The monoisotopic (exact) mass is 305 g/mol. The summed E-state index contributed by atoms with van der Waals surface area (Å²) >= 11 is 5.12. The average molecular weight is 306 g/mol. The molecule has 1 rings (SSSR count). The molecule has 4 heteroatoms. The summed E-state index contributed by atoms with van der Waals surface area (Å²) in [6.07, 6.45) is 0.827. The van der Waals surface area contributed by atoms with Gasteiger partial charge in [0, 0.05) is 13.1 Å². The van der Waals surface area contributed by atoms with Crippen LogP contribution in [0.4, 0.5) is 0 Å². The summed E-state index contributed by atoms with van der Waals surface area (Å²) in [5, 5.41) is 15.5. The lowest BCUT2D eigenvalue weighted by atomic mass is 9.94. The third kappa shape index (κ3) is 5.43. The second-order valence-electron chi connectivity index (χ2n) is 4.96. The summed E-state index contributed by atoms with van der Waals surface area (Å²) < 4.78 is 1.15. The molecule has 0 saturated heterocycles. The van der Waals surface area contributed by atoms with Gasteiger partial charge >= 0.3 is 0 Å². The van der Waals surface area contributed by atoms with E-state index in [1.807, 2.05) is 6.92 Å². The number of aliphatic hydroxyl groups is 1. The molecule has 0 radical (unpaired) electrons. The molecule has 2 nitrogen and oxygen atoms in total. The molecule has 1 unspecified atom stereocenters. The molecule has 1 atom stereocenters. The van der Waals surface area contributed by atoms with Crippen LogP contribution in [0, 0.1) is 5.92 Å². The van der Waals surface area contributed by atoms with Gasteiger partial charge in [-0.05, 0) is 52.2 Å². The van der Waals surface area contributed by atoms with Crippen molar-refractivity contribution in [1.82, 2.24) is 5.32 Å². The topological polar surface area (TPSA) is 32.3 Å². The van der Waals surface area contributed by atoms with E-state index in [2.05, 4.69) is 46.5 Å². The number of halogens is 1. The minimum atomic E-state index is -0.610. The highest BCUT2D eigenvalue weighted by atomic mass is 79.9. The molecule has 16 heavy (non-hydrogen) atoms. The van der Waals surface area contributed by atoms with Crippen molar-refractivity contribution in [1.29, 1.82) is 0 Å². The number of rotatable bonds is 6. The van der Waals surface area contributed by atoms with Crippen LogP contribution in [0.1, 0.15) is 32.8 Å². The van der Waals surface area contributed by atoms with E-state index >= 15 is 0 Å². The molecule has 0 saturated carbocycles. The molecular weight excluding hydrogens is 286 g/mol. The van der Waals surface area contributed by atoms with E-state index in [1.165, 1.54) is 5.56 Å². The number of thiophene rings is 1. The van der Waals surface area contributed by atoms with E-state index in [9.17, 15) is 5.11 Å². The highest BCUT2D eigenvalue weighted by Crippen LogP contribution is 2.21. The zero-order valence-corrected chi connectivity index (χ0v) is 12.5. The van der Waals surface area contributed by atoms with Crippen LogP contribution in [-0.4, -0.2) is 17.3 Å². The summed E-state index contributed by atoms with van der Waals surface area (Å²) in [6, 6.07) is 2.11. The van der Waals surface area contributed by atoms with Crippen LogP contribution in [0.2, 0.25) is 0 Å². The van der Waals surface area contributed by atoms with Crippen molar-refractivity contribution in [3.05, 3.63) is 20.8 Å². The molecule has 0 aliphatic carbocycles. The third-order valence-electron chi connectivity index (χ3n) is 2.30. The van der Waals surface area contributed by atoms with E-state index < -0.39 is 5.60 Å². The SMILES string of the molecule is CC(C)CC(C)(O)CNCc1csc(Br)c1. The lowest BCUT2D eigenvalue weighted by Crippen LogP contribution is -2.38. The Morgan fingerprint density at radius 2 is 2.25 bits per heavy atom. The lowest BCUT2D eigenvalue weighted by Gasteiger charge is -2.25. The van der Waals surface area contributed by atoms with Gasteiger partial charge in [-0.2, -0.15) is 0 Å². The van der Waals surface area contributed by atoms with Crippen LogP contribution in [0.15, 0.2) is 15.2 Å². The molecule has 92 valence electrons. The number of hydrogen-bond acceptors (Lipinski definition) is 3. The molecule has 1 aromatic rings. The van der Waals surface area contributed by atoms with Crippen molar-refractivity contribution in [2.75, 3.05) is 6.54 Å². The molecule has 0 aliphatic rings.